The van der Waals surface area contributed by atoms with E-state index in [-0.39, 0.29) is 10.6 Å². The van der Waals surface area contributed by atoms with E-state index in [1.807, 2.05) is 0 Å². The maximum atomic E-state index is 12.9. The molecule has 0 aliphatic carbocycles. The Bertz CT molecular complexity index is 917. The zero-order valence-electron chi connectivity index (χ0n) is 14.4. The maximum absolute atomic E-state index is 12.9. The molecule has 0 aromatic heterocycles. The van der Waals surface area contributed by atoms with Gasteiger partial charge in [-0.3, -0.25) is 4.72 Å². The number of alkyl halides is 3. The maximum Gasteiger partial charge on any atom is 0.417 e. The number of benzene rings is 2. The van der Waals surface area contributed by atoms with Gasteiger partial charge in [-0.15, -0.1) is 0 Å². The molecule has 10 heteroatoms. The van der Waals surface area contributed by atoms with E-state index in [1.165, 1.54) is 25.3 Å². The Morgan fingerprint density at radius 2 is 1.81 bits per heavy atom. The number of aryl methyl sites for hydroxylation is 1. The first-order valence-corrected chi connectivity index (χ1v) is 9.52. The van der Waals surface area contributed by atoms with Gasteiger partial charge in [-0.1, -0.05) is 11.6 Å². The van der Waals surface area contributed by atoms with Crippen LogP contribution in [0.4, 0.5) is 18.9 Å². The summed E-state index contributed by atoms with van der Waals surface area (Å²) in [5, 5.41) is -0.515. The molecular formula is C17H17ClF3NO4S. The fraction of sp³-hybridized carbons (Fsp3) is 0.294. The van der Waals surface area contributed by atoms with Crippen molar-refractivity contribution >= 4 is 27.3 Å². The molecule has 0 heterocycles. The molecule has 148 valence electrons. The van der Waals surface area contributed by atoms with Gasteiger partial charge in [-0.2, -0.15) is 13.2 Å². The number of sulfonamides is 1. The highest BCUT2D eigenvalue weighted by atomic mass is 35.5. The van der Waals surface area contributed by atoms with Gasteiger partial charge in [0.15, 0.2) is 0 Å². The average molecular weight is 424 g/mol. The molecule has 0 radical (unpaired) electrons. The molecule has 2 aromatic carbocycles. The molecule has 0 saturated carbocycles. The van der Waals surface area contributed by atoms with Crippen LogP contribution < -0.4 is 9.46 Å². The predicted molar refractivity (Wildman–Crippen MR) is 95.8 cm³/mol. The number of ether oxygens (including phenoxy) is 2. The van der Waals surface area contributed by atoms with Crippen LogP contribution in [0, 0.1) is 6.92 Å². The first kappa shape index (κ1) is 21.3. The van der Waals surface area contributed by atoms with Crippen molar-refractivity contribution in [2.24, 2.45) is 0 Å². The van der Waals surface area contributed by atoms with E-state index >= 15 is 0 Å². The van der Waals surface area contributed by atoms with Crippen molar-refractivity contribution in [1.29, 1.82) is 0 Å². The Labute approximate surface area is 160 Å². The Hall–Kier alpha value is -1.97. The van der Waals surface area contributed by atoms with Gasteiger partial charge in [0.2, 0.25) is 0 Å². The van der Waals surface area contributed by atoms with Crippen LogP contribution in [-0.4, -0.2) is 28.7 Å². The topological polar surface area (TPSA) is 64.6 Å². The highest BCUT2D eigenvalue weighted by Gasteiger charge is 2.33. The van der Waals surface area contributed by atoms with Crippen LogP contribution in [0.1, 0.15) is 11.1 Å². The second kappa shape index (κ2) is 8.37. The van der Waals surface area contributed by atoms with Crippen molar-refractivity contribution in [3.8, 4) is 5.75 Å². The Morgan fingerprint density at radius 1 is 1.11 bits per heavy atom. The Kier molecular flexibility index (Phi) is 6.61. The summed E-state index contributed by atoms with van der Waals surface area (Å²) in [5.41, 5.74) is -0.812. The number of anilines is 1. The summed E-state index contributed by atoms with van der Waals surface area (Å²) in [7, 11) is -2.57. The van der Waals surface area contributed by atoms with E-state index in [0.717, 1.165) is 12.1 Å². The first-order chi connectivity index (χ1) is 12.5. The van der Waals surface area contributed by atoms with Crippen LogP contribution in [-0.2, 0) is 20.9 Å². The van der Waals surface area contributed by atoms with E-state index in [4.69, 9.17) is 21.1 Å². The van der Waals surface area contributed by atoms with Crippen molar-refractivity contribution in [2.45, 2.75) is 18.0 Å². The zero-order chi connectivity index (χ0) is 20.2. The standard InChI is InChI=1S/C17H17ClF3NO4S/c1-11-9-13(4-6-16(11)26-8-7-25-2)27(23,24)22-12-3-5-15(18)14(10-12)17(19,20)21/h3-6,9-10,22H,7-8H2,1-2H3. The number of rotatable bonds is 7. The summed E-state index contributed by atoms with van der Waals surface area (Å²) in [6.07, 6.45) is -4.70. The highest BCUT2D eigenvalue weighted by molar-refractivity contribution is 7.92. The van der Waals surface area contributed by atoms with Crippen molar-refractivity contribution in [3.05, 3.63) is 52.5 Å². The number of hydrogen-bond acceptors (Lipinski definition) is 4. The van der Waals surface area contributed by atoms with Crippen molar-refractivity contribution in [1.82, 2.24) is 0 Å². The van der Waals surface area contributed by atoms with Gasteiger partial charge in [-0.25, -0.2) is 8.42 Å². The fourth-order valence-corrected chi connectivity index (χ4v) is 3.56. The van der Waals surface area contributed by atoms with Gasteiger partial charge in [0.1, 0.15) is 12.4 Å². The van der Waals surface area contributed by atoms with Crippen LogP contribution in [0.25, 0.3) is 0 Å². The van der Waals surface area contributed by atoms with E-state index in [0.29, 0.717) is 30.6 Å². The minimum absolute atomic E-state index is 0.109. The average Bonchev–Trinajstić information content (AvgIpc) is 2.57. The third-order valence-corrected chi connectivity index (χ3v) is 5.23. The second-order valence-corrected chi connectivity index (χ2v) is 7.66. The van der Waals surface area contributed by atoms with E-state index < -0.39 is 26.8 Å². The first-order valence-electron chi connectivity index (χ1n) is 7.66. The lowest BCUT2D eigenvalue weighted by Crippen LogP contribution is -2.14. The van der Waals surface area contributed by atoms with Crippen LogP contribution in [0.15, 0.2) is 41.3 Å². The van der Waals surface area contributed by atoms with Crippen molar-refractivity contribution in [3.63, 3.8) is 0 Å². The smallest absolute Gasteiger partial charge is 0.417 e. The zero-order valence-corrected chi connectivity index (χ0v) is 16.0. The molecule has 2 aromatic rings. The number of hydrogen-bond donors (Lipinski definition) is 1. The molecule has 27 heavy (non-hydrogen) atoms. The molecule has 0 fully saturated rings. The minimum atomic E-state index is -4.70. The second-order valence-electron chi connectivity index (χ2n) is 5.57. The minimum Gasteiger partial charge on any atom is -0.491 e. The van der Waals surface area contributed by atoms with Gasteiger partial charge in [0.25, 0.3) is 10.0 Å². The predicted octanol–water partition coefficient (Wildman–Crippen LogP) is 4.49. The molecule has 0 unspecified atom stereocenters. The lowest BCUT2D eigenvalue weighted by molar-refractivity contribution is -0.137. The Morgan fingerprint density at radius 3 is 2.41 bits per heavy atom. The summed E-state index contributed by atoms with van der Waals surface area (Å²) < 4.78 is 76.2. The third kappa shape index (κ3) is 5.50. The van der Waals surface area contributed by atoms with E-state index in [9.17, 15) is 21.6 Å². The van der Waals surface area contributed by atoms with Gasteiger partial charge in [-0.05, 0) is 48.9 Å². The molecule has 5 nitrogen and oxygen atoms in total. The van der Waals surface area contributed by atoms with Gasteiger partial charge in [0, 0.05) is 12.8 Å². The summed E-state index contributed by atoms with van der Waals surface area (Å²) in [4.78, 5) is -0.109. The van der Waals surface area contributed by atoms with Crippen LogP contribution in [0.3, 0.4) is 0 Å². The van der Waals surface area contributed by atoms with Crippen LogP contribution in [0.2, 0.25) is 5.02 Å². The van der Waals surface area contributed by atoms with E-state index in [2.05, 4.69) is 4.72 Å². The molecule has 0 aliphatic rings. The summed E-state index contributed by atoms with van der Waals surface area (Å²) >= 11 is 5.54. The molecular weight excluding hydrogens is 407 g/mol. The largest absolute Gasteiger partial charge is 0.491 e. The summed E-state index contributed by atoms with van der Waals surface area (Å²) in [6.45, 7) is 2.33. The fourth-order valence-electron chi connectivity index (χ4n) is 2.21. The SMILES string of the molecule is COCCOc1ccc(S(=O)(=O)Nc2ccc(Cl)c(C(F)(F)F)c2)cc1C. The molecule has 0 atom stereocenters. The van der Waals surface area contributed by atoms with Gasteiger partial charge < -0.3 is 9.47 Å². The number of nitrogens with one attached hydrogen (secondary N) is 1. The molecule has 0 saturated heterocycles. The monoisotopic (exact) mass is 423 g/mol. The van der Waals surface area contributed by atoms with E-state index in [1.54, 1.807) is 6.92 Å². The third-order valence-electron chi connectivity index (χ3n) is 3.53. The molecule has 0 bridgehead atoms. The summed E-state index contributed by atoms with van der Waals surface area (Å²) in [6, 6.07) is 6.94. The molecule has 0 amide bonds. The lowest BCUT2D eigenvalue weighted by Gasteiger charge is -2.14. The lowest BCUT2D eigenvalue weighted by atomic mass is 10.2. The molecule has 2 rings (SSSR count). The molecule has 0 spiro atoms. The quantitative estimate of drug-likeness (QED) is 0.666. The summed E-state index contributed by atoms with van der Waals surface area (Å²) in [5.74, 6) is 0.483. The van der Waals surface area contributed by atoms with Gasteiger partial charge >= 0.3 is 6.18 Å². The number of halogens is 4. The molecule has 1 N–H and O–H groups in total. The normalized spacial score (nSPS) is 12.1. The van der Waals surface area contributed by atoms with Gasteiger partial charge in [0.05, 0.1) is 22.1 Å². The Balaban J connectivity index is 2.25. The highest BCUT2D eigenvalue weighted by Crippen LogP contribution is 2.36. The van der Waals surface area contributed by atoms with Crippen LogP contribution >= 0.6 is 11.6 Å². The number of methoxy groups -OCH3 is 1. The van der Waals surface area contributed by atoms with Crippen molar-refractivity contribution < 1.29 is 31.1 Å². The van der Waals surface area contributed by atoms with Crippen LogP contribution in [0.5, 0.6) is 5.75 Å². The molecule has 0 aliphatic heterocycles. The van der Waals surface area contributed by atoms with Crippen molar-refractivity contribution in [2.75, 3.05) is 25.0 Å².